The second kappa shape index (κ2) is 5.04. The first-order valence-electron chi connectivity index (χ1n) is 4.09. The molecule has 1 amide bonds. The number of ether oxygens (including phenoxy) is 1. The van der Waals surface area contributed by atoms with Gasteiger partial charge in [0.1, 0.15) is 5.75 Å². The quantitative estimate of drug-likeness (QED) is 0.320. The molecule has 1 rings (SSSR count). The van der Waals surface area contributed by atoms with Crippen LogP contribution in [0.25, 0.3) is 6.08 Å². The van der Waals surface area contributed by atoms with Crippen LogP contribution in [-0.4, -0.2) is 13.0 Å². The van der Waals surface area contributed by atoms with Gasteiger partial charge in [-0.3, -0.25) is 10.2 Å². The minimum Gasteiger partial charge on any atom is -0.497 e. The number of nitrogens with one attached hydrogen (secondary N) is 1. The highest BCUT2D eigenvalue weighted by Crippen LogP contribution is 2.11. The fourth-order valence-corrected chi connectivity index (χ4v) is 0.935. The Kier molecular flexibility index (Phi) is 3.69. The summed E-state index contributed by atoms with van der Waals surface area (Å²) < 4.78 is 4.99. The predicted octanol–water partition coefficient (Wildman–Crippen LogP) is 0.698. The molecule has 0 spiro atoms. The maximum Gasteiger partial charge on any atom is 0.257 e. The molecule has 0 radical (unpaired) electrons. The molecule has 0 saturated carbocycles. The molecule has 4 heteroatoms. The normalized spacial score (nSPS) is 10.1. The van der Waals surface area contributed by atoms with Crippen LogP contribution in [0, 0.1) is 0 Å². The van der Waals surface area contributed by atoms with E-state index in [1.54, 1.807) is 13.2 Å². The van der Waals surface area contributed by atoms with Crippen LogP contribution < -0.4 is 16.0 Å². The molecule has 0 bridgehead atoms. The number of hydrogen-bond acceptors (Lipinski definition) is 3. The van der Waals surface area contributed by atoms with Crippen LogP contribution >= 0.6 is 0 Å². The fourth-order valence-electron chi connectivity index (χ4n) is 0.935. The predicted molar refractivity (Wildman–Crippen MR) is 54.4 cm³/mol. The molecule has 1 aromatic carbocycles. The average Bonchev–Trinajstić information content (AvgIpc) is 2.26. The van der Waals surface area contributed by atoms with Gasteiger partial charge in [-0.2, -0.15) is 0 Å². The Morgan fingerprint density at radius 2 is 2.07 bits per heavy atom. The second-order valence-electron chi connectivity index (χ2n) is 2.62. The summed E-state index contributed by atoms with van der Waals surface area (Å²) in [7, 11) is 1.60. The zero-order chi connectivity index (χ0) is 10.4. The lowest BCUT2D eigenvalue weighted by molar-refractivity contribution is -0.116. The SMILES string of the molecule is COc1ccc(/C=C/C(=O)NN)cc1. The third-order valence-electron chi connectivity index (χ3n) is 1.69. The molecule has 0 fully saturated rings. The fraction of sp³-hybridized carbons (Fsp3) is 0.100. The molecule has 0 heterocycles. The lowest BCUT2D eigenvalue weighted by Gasteiger charge is -1.98. The third kappa shape index (κ3) is 2.91. The maximum absolute atomic E-state index is 10.8. The summed E-state index contributed by atoms with van der Waals surface area (Å²) >= 11 is 0. The van der Waals surface area contributed by atoms with Crippen molar-refractivity contribution in [2.75, 3.05) is 7.11 Å². The van der Waals surface area contributed by atoms with Gasteiger partial charge in [0.05, 0.1) is 7.11 Å². The van der Waals surface area contributed by atoms with E-state index in [0.29, 0.717) is 0 Å². The van der Waals surface area contributed by atoms with Crippen molar-refractivity contribution in [2.24, 2.45) is 5.84 Å². The molecular weight excluding hydrogens is 180 g/mol. The monoisotopic (exact) mass is 192 g/mol. The Morgan fingerprint density at radius 3 is 2.57 bits per heavy atom. The molecule has 0 unspecified atom stereocenters. The van der Waals surface area contributed by atoms with Crippen molar-refractivity contribution < 1.29 is 9.53 Å². The minimum atomic E-state index is -0.333. The van der Waals surface area contributed by atoms with Gasteiger partial charge >= 0.3 is 0 Å². The first kappa shape index (κ1) is 10.3. The van der Waals surface area contributed by atoms with Crippen molar-refractivity contribution in [2.45, 2.75) is 0 Å². The standard InChI is InChI=1S/C10H12N2O2/c1-14-9-5-2-8(3-6-9)4-7-10(13)12-11/h2-7H,11H2,1H3,(H,12,13)/b7-4+. The van der Waals surface area contributed by atoms with Crippen molar-refractivity contribution in [3.05, 3.63) is 35.9 Å². The number of hydrogen-bond donors (Lipinski definition) is 2. The van der Waals surface area contributed by atoms with E-state index in [2.05, 4.69) is 0 Å². The highest BCUT2D eigenvalue weighted by Gasteiger charge is 1.91. The summed E-state index contributed by atoms with van der Waals surface area (Å²) in [4.78, 5) is 10.8. The zero-order valence-corrected chi connectivity index (χ0v) is 7.86. The number of methoxy groups -OCH3 is 1. The van der Waals surface area contributed by atoms with E-state index in [4.69, 9.17) is 10.6 Å². The summed E-state index contributed by atoms with van der Waals surface area (Å²) in [5.74, 6) is 5.36. The molecule has 0 aromatic heterocycles. The van der Waals surface area contributed by atoms with Crippen LogP contribution in [-0.2, 0) is 4.79 Å². The molecule has 0 aliphatic carbocycles. The summed E-state index contributed by atoms with van der Waals surface area (Å²) in [5.41, 5.74) is 2.92. The molecule has 0 aliphatic heterocycles. The Bertz CT molecular complexity index is 330. The van der Waals surface area contributed by atoms with Gasteiger partial charge < -0.3 is 4.74 Å². The Morgan fingerprint density at radius 1 is 1.43 bits per heavy atom. The summed E-state index contributed by atoms with van der Waals surface area (Å²) in [6, 6.07) is 7.33. The molecule has 1 aromatic rings. The summed E-state index contributed by atoms with van der Waals surface area (Å²) in [6.07, 6.45) is 3.03. The number of benzene rings is 1. The average molecular weight is 192 g/mol. The van der Waals surface area contributed by atoms with E-state index in [1.165, 1.54) is 6.08 Å². The number of hydrazine groups is 1. The van der Waals surface area contributed by atoms with Crippen molar-refractivity contribution in [1.82, 2.24) is 5.43 Å². The molecule has 0 saturated heterocycles. The van der Waals surface area contributed by atoms with E-state index < -0.39 is 0 Å². The molecule has 3 N–H and O–H groups in total. The third-order valence-corrected chi connectivity index (χ3v) is 1.69. The van der Waals surface area contributed by atoms with Gasteiger partial charge in [0.15, 0.2) is 0 Å². The van der Waals surface area contributed by atoms with E-state index in [0.717, 1.165) is 11.3 Å². The number of carbonyl (C=O) groups is 1. The first-order chi connectivity index (χ1) is 6.76. The van der Waals surface area contributed by atoms with E-state index in [1.807, 2.05) is 29.7 Å². The number of nitrogens with two attached hydrogens (primary N) is 1. The highest BCUT2D eigenvalue weighted by atomic mass is 16.5. The van der Waals surface area contributed by atoms with Gasteiger partial charge in [-0.15, -0.1) is 0 Å². The Hall–Kier alpha value is -1.81. The molecule has 14 heavy (non-hydrogen) atoms. The second-order valence-corrected chi connectivity index (χ2v) is 2.62. The zero-order valence-electron chi connectivity index (χ0n) is 7.86. The van der Waals surface area contributed by atoms with Gasteiger partial charge in [0.25, 0.3) is 5.91 Å². The van der Waals surface area contributed by atoms with Gasteiger partial charge in [0.2, 0.25) is 0 Å². The maximum atomic E-state index is 10.8. The van der Waals surface area contributed by atoms with Crippen molar-refractivity contribution in [3.8, 4) is 5.75 Å². The van der Waals surface area contributed by atoms with E-state index >= 15 is 0 Å². The van der Waals surface area contributed by atoms with Crippen LogP contribution in [0.15, 0.2) is 30.3 Å². The molecular formula is C10H12N2O2. The van der Waals surface area contributed by atoms with Crippen LogP contribution in [0.4, 0.5) is 0 Å². The topological polar surface area (TPSA) is 64.3 Å². The summed E-state index contributed by atoms with van der Waals surface area (Å²) in [5, 5.41) is 0. The number of amides is 1. The highest BCUT2D eigenvalue weighted by molar-refractivity contribution is 5.91. The smallest absolute Gasteiger partial charge is 0.257 e. The lowest BCUT2D eigenvalue weighted by atomic mass is 10.2. The van der Waals surface area contributed by atoms with Crippen molar-refractivity contribution in [3.63, 3.8) is 0 Å². The van der Waals surface area contributed by atoms with Gasteiger partial charge in [0, 0.05) is 6.08 Å². The van der Waals surface area contributed by atoms with Crippen LogP contribution in [0.5, 0.6) is 5.75 Å². The molecule has 0 aliphatic rings. The van der Waals surface area contributed by atoms with Crippen molar-refractivity contribution >= 4 is 12.0 Å². The molecule has 0 atom stereocenters. The van der Waals surface area contributed by atoms with Crippen LogP contribution in [0.1, 0.15) is 5.56 Å². The van der Waals surface area contributed by atoms with Gasteiger partial charge in [-0.05, 0) is 23.8 Å². The van der Waals surface area contributed by atoms with Crippen molar-refractivity contribution in [1.29, 1.82) is 0 Å². The van der Waals surface area contributed by atoms with Gasteiger partial charge in [-0.25, -0.2) is 5.84 Å². The first-order valence-corrected chi connectivity index (χ1v) is 4.09. The van der Waals surface area contributed by atoms with Crippen LogP contribution in [0.3, 0.4) is 0 Å². The summed E-state index contributed by atoms with van der Waals surface area (Å²) in [6.45, 7) is 0. The Balaban J connectivity index is 2.68. The number of carbonyl (C=O) groups excluding carboxylic acids is 1. The van der Waals surface area contributed by atoms with E-state index in [-0.39, 0.29) is 5.91 Å². The molecule has 74 valence electrons. The largest absolute Gasteiger partial charge is 0.497 e. The van der Waals surface area contributed by atoms with Gasteiger partial charge in [-0.1, -0.05) is 12.1 Å². The Labute approximate surface area is 82.3 Å². The lowest BCUT2D eigenvalue weighted by Crippen LogP contribution is -2.27. The minimum absolute atomic E-state index is 0.333. The van der Waals surface area contributed by atoms with E-state index in [9.17, 15) is 4.79 Å². The van der Waals surface area contributed by atoms with Crippen LogP contribution in [0.2, 0.25) is 0 Å². The molecule has 4 nitrogen and oxygen atoms in total. The number of rotatable bonds is 3.